The molecule has 1 N–H and O–H groups in total. The maximum atomic E-state index is 12.5. The van der Waals surface area contributed by atoms with E-state index in [1.165, 1.54) is 0 Å². The molecule has 1 saturated carbocycles. The van der Waals surface area contributed by atoms with E-state index in [0.29, 0.717) is 17.2 Å². The lowest BCUT2D eigenvalue weighted by Crippen LogP contribution is -2.22. The van der Waals surface area contributed by atoms with E-state index in [4.69, 9.17) is 9.36 Å². The van der Waals surface area contributed by atoms with E-state index in [1.54, 1.807) is 26.8 Å². The first-order valence-corrected chi connectivity index (χ1v) is 8.28. The average molecular weight is 298 g/mol. The van der Waals surface area contributed by atoms with Crippen LogP contribution in [0.5, 0.6) is 0 Å². The quantitative estimate of drug-likeness (QED) is 0.914. The van der Waals surface area contributed by atoms with Gasteiger partial charge in [-0.1, -0.05) is 5.16 Å². The maximum Gasteiger partial charge on any atom is 0.199 e. The first-order valence-electron chi connectivity index (χ1n) is 6.63. The minimum Gasteiger partial charge on any atom is -0.361 e. The molecule has 0 amide bonds. The van der Waals surface area contributed by atoms with Crippen molar-refractivity contribution in [2.45, 2.75) is 50.9 Å². The largest absolute Gasteiger partial charge is 0.361 e. The zero-order valence-electron chi connectivity index (χ0n) is 11.8. The Hall–Kier alpha value is -1.34. The Labute approximate surface area is 118 Å². The van der Waals surface area contributed by atoms with E-state index in [0.717, 1.165) is 18.6 Å². The van der Waals surface area contributed by atoms with E-state index in [2.05, 4.69) is 10.6 Å². The third kappa shape index (κ3) is 2.47. The number of hydroxylamine groups is 1. The lowest BCUT2D eigenvalue weighted by Gasteiger charge is -2.11. The molecule has 1 aliphatic heterocycles. The van der Waals surface area contributed by atoms with Crippen LogP contribution in [0.25, 0.3) is 0 Å². The molecule has 0 atom stereocenters. The van der Waals surface area contributed by atoms with Crippen LogP contribution in [0, 0.1) is 6.92 Å². The zero-order chi connectivity index (χ0) is 14.5. The summed E-state index contributed by atoms with van der Waals surface area (Å²) in [6.07, 6.45) is 3.67. The Bertz CT molecular complexity index is 669. The first-order chi connectivity index (χ1) is 9.28. The number of hydrogen-bond acceptors (Lipinski definition) is 6. The van der Waals surface area contributed by atoms with Crippen LogP contribution in [0.4, 0.5) is 0 Å². The molecule has 20 heavy (non-hydrogen) atoms. The minimum atomic E-state index is -3.48. The molecule has 1 aliphatic carbocycles. The highest BCUT2D eigenvalue weighted by Crippen LogP contribution is 2.43. The molecule has 2 aliphatic rings. The second kappa shape index (κ2) is 4.33. The van der Waals surface area contributed by atoms with Gasteiger partial charge in [0.15, 0.2) is 14.9 Å². The molecule has 1 fully saturated rings. The molecule has 1 aromatic heterocycles. The summed E-state index contributed by atoms with van der Waals surface area (Å²) in [5.74, 6) is 0.955. The van der Waals surface area contributed by atoms with Gasteiger partial charge in [-0.25, -0.2) is 8.42 Å². The summed E-state index contributed by atoms with van der Waals surface area (Å²) in [6, 6.07) is 0. The lowest BCUT2D eigenvalue weighted by atomic mass is 10.1. The lowest BCUT2D eigenvalue weighted by molar-refractivity contribution is -0.0129. The normalized spacial score (nSPS) is 21.6. The number of nitrogens with zero attached hydrogens (tertiary/aromatic N) is 1. The van der Waals surface area contributed by atoms with Gasteiger partial charge in [-0.05, 0) is 39.7 Å². The second-order valence-electron chi connectivity index (χ2n) is 5.96. The molecule has 0 saturated heterocycles. The van der Waals surface area contributed by atoms with Crippen molar-refractivity contribution >= 4 is 9.84 Å². The fraction of sp³-hybridized carbons (Fsp3) is 0.615. The monoisotopic (exact) mass is 298 g/mol. The van der Waals surface area contributed by atoms with Crippen molar-refractivity contribution in [2.24, 2.45) is 0 Å². The van der Waals surface area contributed by atoms with Crippen molar-refractivity contribution in [1.29, 1.82) is 0 Å². The smallest absolute Gasteiger partial charge is 0.199 e. The van der Waals surface area contributed by atoms with E-state index in [1.807, 2.05) is 0 Å². The number of aryl methyl sites for hydroxylation is 1. The zero-order valence-corrected chi connectivity index (χ0v) is 12.6. The van der Waals surface area contributed by atoms with Crippen LogP contribution in [0.15, 0.2) is 15.6 Å². The average Bonchev–Trinajstić information content (AvgIpc) is 3.03. The van der Waals surface area contributed by atoms with Crippen molar-refractivity contribution in [1.82, 2.24) is 10.6 Å². The minimum absolute atomic E-state index is 0.105. The summed E-state index contributed by atoms with van der Waals surface area (Å²) in [5, 5.41) is 4.02. The highest BCUT2D eigenvalue weighted by atomic mass is 32.2. The summed E-state index contributed by atoms with van der Waals surface area (Å²) < 4.78 is 30.2. The first kappa shape index (κ1) is 13.6. The van der Waals surface area contributed by atoms with E-state index >= 15 is 0 Å². The number of rotatable bonds is 4. The van der Waals surface area contributed by atoms with Crippen LogP contribution in [0.3, 0.4) is 0 Å². The Kier molecular flexibility index (Phi) is 2.95. The molecular formula is C13H18N2O4S. The Morgan fingerprint density at radius 2 is 2.15 bits per heavy atom. The molecule has 0 bridgehead atoms. The van der Waals surface area contributed by atoms with E-state index in [9.17, 15) is 8.42 Å². The van der Waals surface area contributed by atoms with Crippen LogP contribution in [-0.2, 0) is 20.4 Å². The van der Waals surface area contributed by atoms with Gasteiger partial charge in [0.1, 0.15) is 11.4 Å². The standard InChI is InChI=1S/C13H18N2O4S/c1-8-10(12(18-14-8)9-4-5-9)7-20(16,17)11-6-13(2,3)19-15-11/h6,9,15H,4-5,7H2,1-3H3. The molecular weight excluding hydrogens is 280 g/mol. The van der Waals surface area contributed by atoms with Crippen LogP contribution >= 0.6 is 0 Å². The third-order valence-corrected chi connectivity index (χ3v) is 5.07. The van der Waals surface area contributed by atoms with Crippen molar-refractivity contribution in [3.8, 4) is 0 Å². The number of sulfone groups is 1. The fourth-order valence-electron chi connectivity index (χ4n) is 2.23. The molecule has 6 nitrogen and oxygen atoms in total. The molecule has 2 heterocycles. The van der Waals surface area contributed by atoms with Crippen molar-refractivity contribution < 1.29 is 17.8 Å². The number of hydrogen-bond donors (Lipinski definition) is 1. The summed E-state index contributed by atoms with van der Waals surface area (Å²) in [6.45, 7) is 5.36. The Morgan fingerprint density at radius 3 is 2.70 bits per heavy atom. The number of aromatic nitrogens is 1. The molecule has 0 aromatic carbocycles. The second-order valence-corrected chi connectivity index (χ2v) is 7.92. The van der Waals surface area contributed by atoms with Crippen molar-refractivity contribution in [3.05, 3.63) is 28.1 Å². The molecule has 1 aromatic rings. The Morgan fingerprint density at radius 1 is 1.45 bits per heavy atom. The van der Waals surface area contributed by atoms with Crippen molar-refractivity contribution in [3.63, 3.8) is 0 Å². The van der Waals surface area contributed by atoms with Crippen LogP contribution in [0.2, 0.25) is 0 Å². The maximum absolute atomic E-state index is 12.5. The summed E-state index contributed by atoms with van der Waals surface area (Å²) >= 11 is 0. The van der Waals surface area contributed by atoms with Crippen molar-refractivity contribution in [2.75, 3.05) is 0 Å². The van der Waals surface area contributed by atoms with Gasteiger partial charge in [-0.2, -0.15) is 0 Å². The van der Waals surface area contributed by atoms with Gasteiger partial charge >= 0.3 is 0 Å². The third-order valence-electron chi connectivity index (χ3n) is 3.53. The fourth-order valence-corrected chi connectivity index (χ4v) is 3.74. The van der Waals surface area contributed by atoms with Gasteiger partial charge in [-0.3, -0.25) is 10.3 Å². The summed E-state index contributed by atoms with van der Waals surface area (Å²) in [5.41, 5.74) is 3.23. The molecule has 0 radical (unpaired) electrons. The highest BCUT2D eigenvalue weighted by molar-refractivity contribution is 7.94. The van der Waals surface area contributed by atoms with Gasteiger partial charge in [0.05, 0.1) is 11.4 Å². The predicted molar refractivity (Wildman–Crippen MR) is 72.2 cm³/mol. The SMILES string of the molecule is Cc1noc(C2CC2)c1CS(=O)(=O)C1=CC(C)(C)ON1. The van der Waals surface area contributed by atoms with Crippen LogP contribution in [-0.4, -0.2) is 19.2 Å². The predicted octanol–water partition coefficient (Wildman–Crippen LogP) is 1.93. The van der Waals surface area contributed by atoms with Crippen LogP contribution in [0.1, 0.15) is 49.6 Å². The van der Waals surface area contributed by atoms with Gasteiger partial charge in [0.2, 0.25) is 0 Å². The highest BCUT2D eigenvalue weighted by Gasteiger charge is 2.36. The molecule has 0 spiro atoms. The van der Waals surface area contributed by atoms with Gasteiger partial charge < -0.3 is 4.52 Å². The van der Waals surface area contributed by atoms with Crippen LogP contribution < -0.4 is 5.48 Å². The topological polar surface area (TPSA) is 81.4 Å². The van der Waals surface area contributed by atoms with Gasteiger partial charge in [-0.15, -0.1) is 0 Å². The van der Waals surface area contributed by atoms with Gasteiger partial charge in [0, 0.05) is 11.5 Å². The Balaban J connectivity index is 1.89. The summed E-state index contributed by atoms with van der Waals surface area (Å²) in [7, 11) is -3.48. The molecule has 0 unspecified atom stereocenters. The number of nitrogens with one attached hydrogen (secondary N) is 1. The molecule has 7 heteroatoms. The summed E-state index contributed by atoms with van der Waals surface area (Å²) in [4.78, 5) is 5.22. The van der Waals surface area contributed by atoms with E-state index in [-0.39, 0.29) is 10.8 Å². The van der Waals surface area contributed by atoms with Gasteiger partial charge in [0.25, 0.3) is 0 Å². The van der Waals surface area contributed by atoms with E-state index < -0.39 is 15.4 Å². The molecule has 110 valence electrons. The molecule has 3 rings (SSSR count).